The fraction of sp³-hybridized carbons (Fsp3) is 0. The van der Waals surface area contributed by atoms with Crippen LogP contribution in [0.4, 0.5) is 4.39 Å². The van der Waals surface area contributed by atoms with E-state index in [1.165, 1.54) is 12.7 Å². The van der Waals surface area contributed by atoms with Crippen molar-refractivity contribution < 1.29 is 4.39 Å². The summed E-state index contributed by atoms with van der Waals surface area (Å²) in [5.74, 6) is 0. The first-order chi connectivity index (χ1) is 4.33. The summed E-state index contributed by atoms with van der Waals surface area (Å²) in [5, 5.41) is 0. The minimum atomic E-state index is 0.384. The van der Waals surface area contributed by atoms with Crippen LogP contribution in [0.25, 0.3) is 0 Å². The van der Waals surface area contributed by atoms with E-state index in [1.54, 1.807) is 18.2 Å². The molecule has 1 heteroatoms. The van der Waals surface area contributed by atoms with E-state index < -0.39 is 0 Å². The summed E-state index contributed by atoms with van der Waals surface area (Å²) in [7, 11) is 0. The van der Waals surface area contributed by atoms with Crippen LogP contribution in [0.1, 0.15) is 11.1 Å². The van der Waals surface area contributed by atoms with Crippen LogP contribution in [0, 0.1) is 13.6 Å². The van der Waals surface area contributed by atoms with Crippen molar-refractivity contribution in [2.75, 3.05) is 0 Å². The predicted molar refractivity (Wildman–Crippen MR) is 33.3 cm³/mol. The van der Waals surface area contributed by atoms with Gasteiger partial charge < -0.3 is 0 Å². The highest BCUT2D eigenvalue weighted by atomic mass is 19.1. The van der Waals surface area contributed by atoms with Gasteiger partial charge in [-0.1, -0.05) is 24.3 Å². The van der Waals surface area contributed by atoms with E-state index >= 15 is 0 Å². The highest BCUT2D eigenvalue weighted by molar-refractivity contribution is 5.28. The molecule has 44 valence electrons. The lowest BCUT2D eigenvalue weighted by Gasteiger charge is -1.91. The van der Waals surface area contributed by atoms with Gasteiger partial charge in [0.15, 0.2) is 0 Å². The van der Waals surface area contributed by atoms with Crippen LogP contribution >= 0.6 is 0 Å². The third kappa shape index (κ3) is 1.53. The van der Waals surface area contributed by atoms with Crippen LogP contribution in [0.3, 0.4) is 0 Å². The summed E-state index contributed by atoms with van der Waals surface area (Å²) in [4.78, 5) is 0. The van der Waals surface area contributed by atoms with E-state index in [2.05, 4.69) is 0 Å². The molecular formula is C8H5F. The monoisotopic (exact) mass is 120 g/mol. The maximum Gasteiger partial charge on any atom is 0.219 e. The summed E-state index contributed by atoms with van der Waals surface area (Å²) in [6.07, 6.45) is 0. The van der Waals surface area contributed by atoms with E-state index in [9.17, 15) is 4.39 Å². The van der Waals surface area contributed by atoms with Crippen LogP contribution in [-0.2, 0) is 0 Å². The molecule has 0 heterocycles. The molecule has 0 unspecified atom stereocenters. The zero-order chi connectivity index (χ0) is 6.69. The molecule has 1 rings (SSSR count). The molecule has 0 spiro atoms. The summed E-state index contributed by atoms with van der Waals surface area (Å²) in [5.41, 5.74) is 0.938. The average molecular weight is 120 g/mol. The highest BCUT2D eigenvalue weighted by Gasteiger charge is 1.90. The Labute approximate surface area is 54.3 Å². The van der Waals surface area contributed by atoms with Crippen molar-refractivity contribution in [2.45, 2.75) is 0 Å². The van der Waals surface area contributed by atoms with Gasteiger partial charge in [0.1, 0.15) is 0 Å². The number of rotatable bonds is 1. The lowest BCUT2D eigenvalue weighted by molar-refractivity contribution is 0.646. The van der Waals surface area contributed by atoms with Crippen molar-refractivity contribution in [2.24, 2.45) is 0 Å². The Balaban J connectivity index is 2.94. The molecule has 0 saturated carbocycles. The molecule has 1 aromatic rings. The van der Waals surface area contributed by atoms with Gasteiger partial charge in [0, 0.05) is 0 Å². The molecule has 0 fully saturated rings. The Morgan fingerprint density at radius 1 is 1.44 bits per heavy atom. The summed E-state index contributed by atoms with van der Waals surface area (Å²) < 4.78 is 11.6. The standard InChI is InChI=1S/C8H5F/c1-7-3-2-4-8(5-7)6-9/h1-5H. The quantitative estimate of drug-likeness (QED) is 0.532. The fourth-order valence-corrected chi connectivity index (χ4v) is 0.597. The second-order valence-corrected chi connectivity index (χ2v) is 1.72. The Kier molecular flexibility index (Phi) is 1.83. The first kappa shape index (κ1) is 6.27. The van der Waals surface area contributed by atoms with E-state index in [1.807, 2.05) is 0 Å². The minimum absolute atomic E-state index is 0.384. The van der Waals surface area contributed by atoms with Crippen LogP contribution in [0.15, 0.2) is 24.3 Å². The fourth-order valence-electron chi connectivity index (χ4n) is 0.597. The third-order valence-electron chi connectivity index (χ3n) is 0.996. The Morgan fingerprint density at radius 3 is 2.67 bits per heavy atom. The summed E-state index contributed by atoms with van der Waals surface area (Å²) in [6, 6.07) is 6.48. The topological polar surface area (TPSA) is 0 Å². The van der Waals surface area contributed by atoms with Gasteiger partial charge >= 0.3 is 0 Å². The van der Waals surface area contributed by atoms with Crippen LogP contribution in [0.5, 0.6) is 0 Å². The first-order valence-electron chi connectivity index (χ1n) is 2.55. The molecule has 0 nitrogen and oxygen atoms in total. The molecule has 9 heavy (non-hydrogen) atoms. The van der Waals surface area contributed by atoms with Crippen LogP contribution in [0.2, 0.25) is 0 Å². The van der Waals surface area contributed by atoms with Crippen LogP contribution in [-0.4, -0.2) is 0 Å². The van der Waals surface area contributed by atoms with Gasteiger partial charge in [0.2, 0.25) is 6.67 Å². The van der Waals surface area contributed by atoms with Gasteiger partial charge in [0.25, 0.3) is 0 Å². The molecule has 0 atom stereocenters. The molecule has 0 N–H and O–H groups in total. The maximum absolute atomic E-state index is 11.6. The van der Waals surface area contributed by atoms with E-state index in [-0.39, 0.29) is 0 Å². The number of hydrogen-bond acceptors (Lipinski definition) is 0. The Bertz CT molecular complexity index is 194. The second kappa shape index (κ2) is 2.62. The average Bonchev–Trinajstić information content (AvgIpc) is 1.88. The van der Waals surface area contributed by atoms with E-state index in [4.69, 9.17) is 6.92 Å². The van der Waals surface area contributed by atoms with Gasteiger partial charge in [-0.15, -0.1) is 0 Å². The van der Waals surface area contributed by atoms with E-state index in [0.29, 0.717) is 11.1 Å². The lowest BCUT2D eigenvalue weighted by Crippen LogP contribution is -1.75. The van der Waals surface area contributed by atoms with Crippen molar-refractivity contribution in [3.8, 4) is 0 Å². The molecule has 0 aromatic heterocycles. The predicted octanol–water partition coefficient (Wildman–Crippen LogP) is 2.10. The Morgan fingerprint density at radius 2 is 2.22 bits per heavy atom. The van der Waals surface area contributed by atoms with Crippen molar-refractivity contribution in [3.05, 3.63) is 49.0 Å². The lowest BCUT2D eigenvalue weighted by atomic mass is 10.2. The van der Waals surface area contributed by atoms with Crippen LogP contribution < -0.4 is 0 Å². The number of halogens is 1. The van der Waals surface area contributed by atoms with Gasteiger partial charge in [-0.3, -0.25) is 0 Å². The normalized spacial score (nSPS) is 9.56. The first-order valence-corrected chi connectivity index (χ1v) is 2.55. The third-order valence-corrected chi connectivity index (χ3v) is 0.996. The molecule has 0 saturated heterocycles. The molecule has 0 aliphatic carbocycles. The van der Waals surface area contributed by atoms with Gasteiger partial charge in [-0.25, -0.2) is 4.39 Å². The van der Waals surface area contributed by atoms with Crippen molar-refractivity contribution in [1.82, 2.24) is 0 Å². The second-order valence-electron chi connectivity index (χ2n) is 1.72. The largest absolute Gasteiger partial charge is 0.230 e. The van der Waals surface area contributed by atoms with Gasteiger partial charge in [-0.2, -0.15) is 0 Å². The van der Waals surface area contributed by atoms with Crippen molar-refractivity contribution in [3.63, 3.8) is 0 Å². The molecule has 0 amide bonds. The highest BCUT2D eigenvalue weighted by Crippen LogP contribution is 2.05. The zero-order valence-electron chi connectivity index (χ0n) is 4.76. The minimum Gasteiger partial charge on any atom is -0.230 e. The molecular weight excluding hydrogens is 115 g/mol. The number of benzene rings is 1. The smallest absolute Gasteiger partial charge is 0.219 e. The maximum atomic E-state index is 11.6. The zero-order valence-corrected chi connectivity index (χ0v) is 4.76. The van der Waals surface area contributed by atoms with Gasteiger partial charge in [-0.05, 0) is 18.1 Å². The summed E-state index contributed by atoms with van der Waals surface area (Å²) >= 11 is 0. The van der Waals surface area contributed by atoms with Crippen molar-refractivity contribution in [1.29, 1.82) is 0 Å². The SMILES string of the molecule is [CH]c1cccc([C]F)c1. The van der Waals surface area contributed by atoms with Gasteiger partial charge in [0.05, 0.1) is 0 Å². The van der Waals surface area contributed by atoms with E-state index in [0.717, 1.165) is 0 Å². The molecule has 4 radical (unpaired) electrons. The van der Waals surface area contributed by atoms with Crippen molar-refractivity contribution >= 4 is 0 Å². The Hall–Kier alpha value is -0.850. The molecule has 0 aliphatic rings. The number of hydrogen-bond donors (Lipinski definition) is 0. The molecule has 0 aliphatic heterocycles. The molecule has 0 bridgehead atoms. The molecule has 1 aromatic carbocycles. The summed E-state index contributed by atoms with van der Waals surface area (Å²) in [6.45, 7) is 6.82.